The summed E-state index contributed by atoms with van der Waals surface area (Å²) >= 11 is 0. The minimum absolute atomic E-state index is 0.0145. The summed E-state index contributed by atoms with van der Waals surface area (Å²) < 4.78 is 36.7. The number of halogens is 2. The number of carbonyl (C=O) groups is 5. The van der Waals surface area contributed by atoms with Crippen LogP contribution in [0.25, 0.3) is 0 Å². The predicted octanol–water partition coefficient (Wildman–Crippen LogP) is 2.04. The second kappa shape index (κ2) is 12.9. The van der Waals surface area contributed by atoms with Crippen molar-refractivity contribution in [3.8, 4) is 0 Å². The smallest absolute Gasteiger partial charge is 0.479 e. The quantitative estimate of drug-likeness (QED) is 0.192. The third kappa shape index (κ3) is 6.71. The van der Waals surface area contributed by atoms with Gasteiger partial charge in [0.1, 0.15) is 42.8 Å². The van der Waals surface area contributed by atoms with Crippen LogP contribution in [-0.2, 0) is 41.8 Å². The van der Waals surface area contributed by atoms with Crippen molar-refractivity contribution >= 4 is 30.0 Å². The molecule has 3 N–H and O–H groups in total. The highest BCUT2D eigenvalue weighted by atomic mass is 19.1. The number of benzene rings is 1. The minimum Gasteiger partial charge on any atom is -0.479 e. The van der Waals surface area contributed by atoms with E-state index in [1.807, 2.05) is 0 Å². The van der Waals surface area contributed by atoms with Crippen LogP contribution in [0.2, 0.25) is 0 Å². The van der Waals surface area contributed by atoms with Crippen LogP contribution in [0.4, 0.5) is 18.4 Å². The van der Waals surface area contributed by atoms with Gasteiger partial charge in [0.05, 0.1) is 13.1 Å². The topological polar surface area (TPSA) is 164 Å². The fraction of sp³-hybridized carbons (Fsp3) is 0.536. The zero-order chi connectivity index (χ0) is 31.5. The van der Waals surface area contributed by atoms with E-state index in [2.05, 4.69) is 22.1 Å². The Hall–Kier alpha value is -4.27. The Morgan fingerprint density at radius 2 is 1.98 bits per heavy atom. The molecule has 1 aromatic rings. The van der Waals surface area contributed by atoms with Crippen LogP contribution in [-0.4, -0.2) is 88.5 Å². The van der Waals surface area contributed by atoms with Crippen molar-refractivity contribution in [1.29, 1.82) is 0 Å². The normalized spacial score (nSPS) is 24.6. The Balaban J connectivity index is 1.50. The van der Waals surface area contributed by atoms with E-state index in [-0.39, 0.29) is 32.5 Å². The average molecular weight is 609 g/mol. The lowest BCUT2D eigenvalue weighted by Gasteiger charge is -2.30. The summed E-state index contributed by atoms with van der Waals surface area (Å²) in [4.78, 5) is 71.1. The molecule has 1 saturated heterocycles. The van der Waals surface area contributed by atoms with E-state index in [1.165, 1.54) is 23.1 Å². The molecule has 2 fully saturated rings. The number of nitrogens with one attached hydrogen (secondary N) is 2. The fourth-order valence-corrected chi connectivity index (χ4v) is 5.33. The SMILES string of the molecule is C=C[C@@H]1CC1(NC(=O)[C@@H]1C[C@@H](OC(=O)N2Cc3cccc(F)c3C2)CN1C(=O)C(NOC(=O)OCCF)C(C)C)C(=O)O. The lowest BCUT2D eigenvalue weighted by molar-refractivity contribution is -0.147. The first-order chi connectivity index (χ1) is 20.4. The number of ether oxygens (including phenoxy) is 2. The van der Waals surface area contributed by atoms with Gasteiger partial charge in [0.25, 0.3) is 0 Å². The zero-order valence-electron chi connectivity index (χ0n) is 23.7. The molecule has 13 nitrogen and oxygen atoms in total. The van der Waals surface area contributed by atoms with Crippen LogP contribution in [0.5, 0.6) is 0 Å². The summed E-state index contributed by atoms with van der Waals surface area (Å²) in [6.45, 7) is 5.26. The third-order valence-corrected chi connectivity index (χ3v) is 7.83. The van der Waals surface area contributed by atoms with Gasteiger partial charge in [-0.25, -0.2) is 23.2 Å². The number of carboxylic acid groups (broad SMARTS) is 1. The van der Waals surface area contributed by atoms with Crippen LogP contribution in [0.15, 0.2) is 30.9 Å². The number of alkyl halides is 1. The molecule has 2 heterocycles. The number of aliphatic carboxylic acids is 1. The number of nitrogens with zero attached hydrogens (tertiary/aromatic N) is 2. The molecule has 1 aromatic carbocycles. The largest absolute Gasteiger partial charge is 0.527 e. The van der Waals surface area contributed by atoms with E-state index in [1.54, 1.807) is 19.9 Å². The number of hydrogen-bond donors (Lipinski definition) is 3. The van der Waals surface area contributed by atoms with Crippen LogP contribution < -0.4 is 10.8 Å². The molecule has 3 amide bonds. The number of rotatable bonds is 11. The van der Waals surface area contributed by atoms with Gasteiger partial charge in [0.15, 0.2) is 0 Å². The van der Waals surface area contributed by atoms with Gasteiger partial charge in [-0.2, -0.15) is 0 Å². The second-order valence-corrected chi connectivity index (χ2v) is 11.0. The van der Waals surface area contributed by atoms with Gasteiger partial charge in [-0.05, 0) is 24.0 Å². The summed E-state index contributed by atoms with van der Waals surface area (Å²) in [7, 11) is 0. The Bertz CT molecular complexity index is 1290. The van der Waals surface area contributed by atoms with Gasteiger partial charge in [0.2, 0.25) is 11.8 Å². The molecule has 1 saturated carbocycles. The molecule has 0 radical (unpaired) electrons. The maximum absolute atomic E-state index is 14.2. The highest BCUT2D eigenvalue weighted by Gasteiger charge is 2.61. The molecule has 3 aliphatic rings. The van der Waals surface area contributed by atoms with Crippen molar-refractivity contribution in [2.75, 3.05) is 19.8 Å². The van der Waals surface area contributed by atoms with Gasteiger partial charge >= 0.3 is 18.2 Å². The first-order valence-electron chi connectivity index (χ1n) is 13.8. The number of carboxylic acids is 1. The molecule has 234 valence electrons. The second-order valence-electron chi connectivity index (χ2n) is 11.0. The maximum Gasteiger partial charge on any atom is 0.527 e. The van der Waals surface area contributed by atoms with Crippen LogP contribution >= 0.6 is 0 Å². The highest BCUT2D eigenvalue weighted by molar-refractivity contribution is 5.95. The summed E-state index contributed by atoms with van der Waals surface area (Å²) in [5.41, 5.74) is 1.72. The van der Waals surface area contributed by atoms with Gasteiger partial charge in [0, 0.05) is 24.4 Å². The maximum atomic E-state index is 14.2. The standard InChI is InChI=1S/C28H34F2N4O9/c1-4-17-11-28(17,25(37)38)31-23(35)21-10-18(42-26(39)33-12-16-6-5-7-20(30)19(16)14-33)13-34(21)24(36)22(15(2)3)32-43-27(40)41-9-8-29/h4-7,15,17-18,21-22,32H,1,8-14H2,2-3H3,(H,31,35)(H,37,38)/t17-,18-,21+,22?,28?/m1/s1. The first-order valence-corrected chi connectivity index (χ1v) is 13.8. The number of carbonyl (C=O) groups excluding carboxylic acids is 4. The highest BCUT2D eigenvalue weighted by Crippen LogP contribution is 2.45. The van der Waals surface area contributed by atoms with E-state index in [0.717, 1.165) is 4.90 Å². The molecule has 1 aliphatic carbocycles. The molecular formula is C28H34F2N4O9. The van der Waals surface area contributed by atoms with Crippen molar-refractivity contribution in [2.45, 2.75) is 63.5 Å². The van der Waals surface area contributed by atoms with Crippen LogP contribution in [0.3, 0.4) is 0 Å². The molecule has 0 aromatic heterocycles. The summed E-state index contributed by atoms with van der Waals surface area (Å²) in [6, 6.07) is 2.08. The van der Waals surface area contributed by atoms with Crippen molar-refractivity contribution in [1.82, 2.24) is 20.6 Å². The van der Waals surface area contributed by atoms with E-state index < -0.39 is 84.7 Å². The molecule has 2 unspecified atom stereocenters. The average Bonchev–Trinajstić information content (AvgIpc) is 3.27. The number of likely N-dealkylation sites (tertiary alicyclic amines) is 1. The number of fused-ring (bicyclic) bond motifs is 1. The predicted molar refractivity (Wildman–Crippen MR) is 143 cm³/mol. The number of amides is 3. The summed E-state index contributed by atoms with van der Waals surface area (Å²) in [5.74, 6) is -4.20. The summed E-state index contributed by atoms with van der Waals surface area (Å²) in [5, 5.41) is 12.3. The van der Waals surface area contributed by atoms with E-state index in [9.17, 15) is 37.9 Å². The van der Waals surface area contributed by atoms with E-state index in [4.69, 9.17) is 9.57 Å². The van der Waals surface area contributed by atoms with Crippen molar-refractivity contribution in [2.24, 2.45) is 11.8 Å². The van der Waals surface area contributed by atoms with Crippen LogP contribution in [0, 0.1) is 17.7 Å². The Morgan fingerprint density at radius 3 is 2.58 bits per heavy atom. The first kappa shape index (κ1) is 31.7. The van der Waals surface area contributed by atoms with E-state index >= 15 is 0 Å². The summed E-state index contributed by atoms with van der Waals surface area (Å²) in [6.07, 6.45) is -1.63. The van der Waals surface area contributed by atoms with Crippen molar-refractivity contribution in [3.63, 3.8) is 0 Å². The van der Waals surface area contributed by atoms with Gasteiger partial charge in [-0.1, -0.05) is 32.1 Å². The van der Waals surface area contributed by atoms with Crippen LogP contribution in [0.1, 0.15) is 37.8 Å². The lowest BCUT2D eigenvalue weighted by Crippen LogP contribution is -2.57. The van der Waals surface area contributed by atoms with Gasteiger partial charge < -0.3 is 29.6 Å². The van der Waals surface area contributed by atoms with Gasteiger partial charge in [-0.15, -0.1) is 12.1 Å². The molecule has 2 aliphatic heterocycles. The third-order valence-electron chi connectivity index (χ3n) is 7.83. The molecule has 5 atom stereocenters. The van der Waals surface area contributed by atoms with Crippen molar-refractivity contribution < 1.29 is 52.2 Å². The Kier molecular flexibility index (Phi) is 9.52. The lowest BCUT2D eigenvalue weighted by atomic mass is 10.0. The van der Waals surface area contributed by atoms with Gasteiger partial charge in [-0.3, -0.25) is 14.5 Å². The van der Waals surface area contributed by atoms with E-state index in [0.29, 0.717) is 11.1 Å². The number of hydrogen-bond acceptors (Lipinski definition) is 9. The monoisotopic (exact) mass is 608 g/mol. The number of hydroxylamine groups is 1. The Labute approximate surface area is 246 Å². The molecule has 15 heteroatoms. The molecular weight excluding hydrogens is 574 g/mol. The molecule has 4 rings (SSSR count). The van der Waals surface area contributed by atoms with Crippen molar-refractivity contribution in [3.05, 3.63) is 47.8 Å². The molecule has 43 heavy (non-hydrogen) atoms. The zero-order valence-corrected chi connectivity index (χ0v) is 23.7. The molecule has 0 bridgehead atoms. The Morgan fingerprint density at radius 1 is 1.23 bits per heavy atom. The minimum atomic E-state index is -1.58. The fourth-order valence-electron chi connectivity index (χ4n) is 5.33. The molecule has 0 spiro atoms.